The van der Waals surface area contributed by atoms with Crippen molar-refractivity contribution in [3.05, 3.63) is 0 Å². The summed E-state index contributed by atoms with van der Waals surface area (Å²) in [6.45, 7) is -6.01. The highest BCUT2D eigenvalue weighted by molar-refractivity contribution is 4.82. The first-order chi connectivity index (χ1) is 6.07. The third-order valence-corrected chi connectivity index (χ3v) is 1.06. The number of ether oxygens (including phenoxy) is 1. The fourth-order valence-corrected chi connectivity index (χ4v) is 0.487. The van der Waals surface area contributed by atoms with Gasteiger partial charge >= 0.3 is 18.7 Å². The van der Waals surface area contributed by atoms with Gasteiger partial charge in [0, 0.05) is 0 Å². The molecule has 0 amide bonds. The van der Waals surface area contributed by atoms with Crippen LogP contribution < -0.4 is 0 Å². The van der Waals surface area contributed by atoms with Crippen molar-refractivity contribution < 1.29 is 39.9 Å². The van der Waals surface area contributed by atoms with Crippen LogP contribution in [-0.2, 0) is 4.74 Å². The van der Waals surface area contributed by atoms with Gasteiger partial charge in [0.15, 0.2) is 0 Å². The molecule has 0 saturated heterocycles. The second-order valence-electron chi connectivity index (χ2n) is 2.24. The third-order valence-electron chi connectivity index (χ3n) is 1.06. The molecule has 9 heteroatoms. The highest BCUT2D eigenvalue weighted by Crippen LogP contribution is 2.35. The lowest BCUT2D eigenvalue weighted by Gasteiger charge is -2.22. The van der Waals surface area contributed by atoms with Crippen molar-refractivity contribution in [2.24, 2.45) is 0 Å². The maximum absolute atomic E-state index is 12.1. The molecule has 0 fully saturated rings. The first-order valence-corrected chi connectivity index (χ1v) is 3.05. The lowest BCUT2D eigenvalue weighted by molar-refractivity contribution is -0.270. The lowest BCUT2D eigenvalue weighted by Crippen LogP contribution is -2.45. The first-order valence-electron chi connectivity index (χ1n) is 3.05. The van der Waals surface area contributed by atoms with Crippen LogP contribution in [0.4, 0.5) is 35.1 Å². The zero-order valence-corrected chi connectivity index (χ0v) is 6.29. The minimum absolute atomic E-state index is 2.33. The van der Waals surface area contributed by atoms with Gasteiger partial charge in [0.05, 0.1) is 0 Å². The quantitative estimate of drug-likeness (QED) is 0.677. The number of rotatable bonds is 4. The predicted molar refractivity (Wildman–Crippen MR) is 27.9 cm³/mol. The summed E-state index contributed by atoms with van der Waals surface area (Å²) in [7, 11) is 0. The number of hydrogen-bond donors (Lipinski definition) is 0. The molecule has 14 heavy (non-hydrogen) atoms. The highest BCUT2D eigenvalue weighted by atomic mass is 19.4. The van der Waals surface area contributed by atoms with Crippen LogP contribution in [0.25, 0.3) is 0 Å². The summed E-state index contributed by atoms with van der Waals surface area (Å²) >= 11 is 0. The summed E-state index contributed by atoms with van der Waals surface area (Å²) in [4.78, 5) is 0. The van der Waals surface area contributed by atoms with Crippen molar-refractivity contribution in [2.45, 2.75) is 24.9 Å². The van der Waals surface area contributed by atoms with Gasteiger partial charge in [0.25, 0.3) is 6.17 Å². The van der Waals surface area contributed by atoms with E-state index in [4.69, 9.17) is 0 Å². The van der Waals surface area contributed by atoms with Crippen molar-refractivity contribution in [3.8, 4) is 0 Å². The van der Waals surface area contributed by atoms with Crippen molar-refractivity contribution in [2.75, 3.05) is 6.61 Å². The van der Waals surface area contributed by atoms with Gasteiger partial charge in [0.2, 0.25) is 0 Å². The Kier molecular flexibility index (Phi) is 4.10. The highest BCUT2D eigenvalue weighted by Gasteiger charge is 2.57. The molecule has 0 aromatic carbocycles. The molecule has 0 rings (SSSR count). The summed E-state index contributed by atoms with van der Waals surface area (Å²) in [6, 6.07) is 0. The van der Waals surface area contributed by atoms with Gasteiger partial charge in [-0.25, -0.2) is 13.2 Å². The second-order valence-corrected chi connectivity index (χ2v) is 2.24. The molecule has 0 aliphatic carbocycles. The van der Waals surface area contributed by atoms with E-state index in [0.29, 0.717) is 0 Å². The molecule has 0 aromatic rings. The van der Waals surface area contributed by atoms with E-state index in [1.165, 1.54) is 0 Å². The Bertz CT molecular complexity index is 175. The van der Waals surface area contributed by atoms with Gasteiger partial charge in [-0.3, -0.25) is 0 Å². The van der Waals surface area contributed by atoms with Gasteiger partial charge in [-0.15, -0.1) is 0 Å². The maximum atomic E-state index is 12.1. The second kappa shape index (κ2) is 4.28. The minimum Gasteiger partial charge on any atom is -0.317 e. The number of alkyl halides is 8. The normalized spacial score (nSPS) is 16.1. The van der Waals surface area contributed by atoms with Gasteiger partial charge in [-0.2, -0.15) is 22.0 Å². The number of halogens is 8. The molecule has 0 radical (unpaired) electrons. The average molecular weight is 232 g/mol. The van der Waals surface area contributed by atoms with Crippen molar-refractivity contribution >= 4 is 0 Å². The van der Waals surface area contributed by atoms with Crippen LogP contribution in [0.5, 0.6) is 0 Å². The molecule has 0 unspecified atom stereocenters. The van der Waals surface area contributed by atoms with Crippen LogP contribution in [0, 0.1) is 0 Å². The molecule has 0 aromatic heterocycles. The van der Waals surface area contributed by atoms with E-state index in [1.807, 2.05) is 0 Å². The molecule has 1 nitrogen and oxygen atoms in total. The monoisotopic (exact) mass is 232 g/mol. The Hall–Kier alpha value is -0.600. The molecule has 0 bridgehead atoms. The van der Waals surface area contributed by atoms with Crippen molar-refractivity contribution in [1.29, 1.82) is 0 Å². The Balaban J connectivity index is 4.31. The zero-order chi connectivity index (χ0) is 11.6. The third kappa shape index (κ3) is 4.07. The lowest BCUT2D eigenvalue weighted by atomic mass is 10.2. The smallest absolute Gasteiger partial charge is 0.317 e. The Morgan fingerprint density at radius 1 is 0.929 bits per heavy atom. The molecule has 0 saturated carbocycles. The molecule has 0 aliphatic rings. The van der Waals surface area contributed by atoms with Crippen LogP contribution in [-0.4, -0.2) is 31.5 Å². The summed E-state index contributed by atoms with van der Waals surface area (Å²) < 4.78 is 95.5. The van der Waals surface area contributed by atoms with E-state index in [9.17, 15) is 35.1 Å². The van der Waals surface area contributed by atoms with E-state index in [-0.39, 0.29) is 0 Å². The molecule has 0 aliphatic heterocycles. The van der Waals surface area contributed by atoms with Crippen LogP contribution in [0.3, 0.4) is 0 Å². The Labute approximate surface area is 72.6 Å². The fourth-order valence-electron chi connectivity index (χ4n) is 0.487. The number of hydrogen-bond acceptors (Lipinski definition) is 1. The van der Waals surface area contributed by atoms with Gasteiger partial charge in [0.1, 0.15) is 6.61 Å². The van der Waals surface area contributed by atoms with Crippen LogP contribution in [0.2, 0.25) is 0 Å². The summed E-state index contributed by atoms with van der Waals surface area (Å²) in [5.74, 6) is -5.02. The molecule has 0 spiro atoms. The van der Waals surface area contributed by atoms with Crippen molar-refractivity contribution in [3.63, 3.8) is 0 Å². The zero-order valence-electron chi connectivity index (χ0n) is 6.29. The van der Waals surface area contributed by atoms with E-state index in [0.717, 1.165) is 0 Å². The average Bonchev–Trinajstić information content (AvgIpc) is 1.98. The van der Waals surface area contributed by atoms with E-state index in [1.54, 1.807) is 0 Å². The molecule has 0 heterocycles. The molecule has 1 atom stereocenters. The largest absolute Gasteiger partial charge is 0.425 e. The molecule has 86 valence electrons. The standard InChI is InChI=1S/C5H4F8O/c6-2(5(11,12)13)4(9,10)1-14-3(7)8/h2-3H,1H2/t2-/m1/s1. The molecular weight excluding hydrogens is 228 g/mol. The van der Waals surface area contributed by atoms with Crippen LogP contribution >= 0.6 is 0 Å². The van der Waals surface area contributed by atoms with E-state index in [2.05, 4.69) is 4.74 Å². The van der Waals surface area contributed by atoms with Crippen LogP contribution in [0.15, 0.2) is 0 Å². The van der Waals surface area contributed by atoms with Crippen LogP contribution in [0.1, 0.15) is 0 Å². The maximum Gasteiger partial charge on any atom is 0.425 e. The molecule has 0 N–H and O–H groups in total. The summed E-state index contributed by atoms with van der Waals surface area (Å²) in [5, 5.41) is 0. The Morgan fingerprint density at radius 2 is 1.36 bits per heavy atom. The van der Waals surface area contributed by atoms with Crippen molar-refractivity contribution in [1.82, 2.24) is 0 Å². The van der Waals surface area contributed by atoms with E-state index >= 15 is 0 Å². The topological polar surface area (TPSA) is 9.23 Å². The SMILES string of the molecule is FC(F)OCC(F)(F)[C@@H](F)C(F)(F)F. The van der Waals surface area contributed by atoms with Gasteiger partial charge in [-0.05, 0) is 0 Å². The first kappa shape index (κ1) is 13.4. The minimum atomic E-state index is -5.81. The van der Waals surface area contributed by atoms with Gasteiger partial charge < -0.3 is 4.74 Å². The summed E-state index contributed by atoms with van der Waals surface area (Å²) in [5.41, 5.74) is 0. The molecular formula is C5H4F8O. The predicted octanol–water partition coefficient (Wildman–Crippen LogP) is 2.76. The fraction of sp³-hybridized carbons (Fsp3) is 1.00. The summed E-state index contributed by atoms with van der Waals surface area (Å²) in [6.07, 6.45) is -10.3. The van der Waals surface area contributed by atoms with Gasteiger partial charge in [-0.1, -0.05) is 0 Å². The Morgan fingerprint density at radius 3 is 1.64 bits per heavy atom. The van der Waals surface area contributed by atoms with E-state index < -0.39 is 31.5 Å².